The molecular formula is C34H38FN5O5. The number of anilines is 2. The number of pyridine rings is 1. The van der Waals surface area contributed by atoms with Crippen LogP contribution in [0.4, 0.5) is 20.7 Å². The third-order valence-electron chi connectivity index (χ3n) is 7.19. The van der Waals surface area contributed by atoms with Gasteiger partial charge in [-0.3, -0.25) is 15.1 Å². The number of Topliss-reactive ketones (excluding diaryl/α,β-unsaturated/α-hetero) is 1. The molecule has 0 bridgehead atoms. The zero-order chi connectivity index (χ0) is 32.4. The number of nitrogens with one attached hydrogen (secondary N) is 2. The Labute approximate surface area is 261 Å². The molecule has 0 radical (unpaired) electrons. The minimum absolute atomic E-state index is 0.0273. The van der Waals surface area contributed by atoms with E-state index in [-0.39, 0.29) is 28.7 Å². The van der Waals surface area contributed by atoms with Crippen LogP contribution in [0.25, 0.3) is 5.69 Å². The van der Waals surface area contributed by atoms with E-state index in [0.29, 0.717) is 42.3 Å². The Kier molecular flexibility index (Phi) is 9.03. The van der Waals surface area contributed by atoms with Crippen molar-refractivity contribution in [1.82, 2.24) is 14.8 Å². The molecule has 1 aliphatic heterocycles. The molecule has 1 atom stereocenters. The van der Waals surface area contributed by atoms with Gasteiger partial charge in [-0.1, -0.05) is 32.9 Å². The number of halogens is 1. The molecule has 0 spiro atoms. The van der Waals surface area contributed by atoms with Gasteiger partial charge < -0.3 is 19.5 Å². The van der Waals surface area contributed by atoms with Gasteiger partial charge in [-0.05, 0) is 57.5 Å². The maximum absolute atomic E-state index is 15.0. The maximum Gasteiger partial charge on any atom is 0.324 e. The van der Waals surface area contributed by atoms with E-state index in [9.17, 15) is 14.0 Å². The highest BCUT2D eigenvalue weighted by Crippen LogP contribution is 2.29. The Bertz CT molecular complexity index is 1710. The molecule has 3 heterocycles. The number of urea groups is 1. The molecule has 1 saturated heterocycles. The second-order valence-corrected chi connectivity index (χ2v) is 12.5. The van der Waals surface area contributed by atoms with Crippen molar-refractivity contribution in [3.05, 3.63) is 89.6 Å². The van der Waals surface area contributed by atoms with Crippen molar-refractivity contribution in [2.75, 3.05) is 17.2 Å². The van der Waals surface area contributed by atoms with Gasteiger partial charge in [-0.25, -0.2) is 13.9 Å². The van der Waals surface area contributed by atoms with E-state index >= 15 is 0 Å². The number of nitrogens with zero attached hydrogens (tertiary/aromatic N) is 3. The highest BCUT2D eigenvalue weighted by Gasteiger charge is 2.32. The topological polar surface area (TPSA) is 117 Å². The summed E-state index contributed by atoms with van der Waals surface area (Å²) in [7, 11) is 0. The van der Waals surface area contributed by atoms with Gasteiger partial charge in [0.2, 0.25) is 0 Å². The highest BCUT2D eigenvalue weighted by molar-refractivity contribution is 6.00. The largest absolute Gasteiger partial charge is 0.457 e. The van der Waals surface area contributed by atoms with Gasteiger partial charge in [0.25, 0.3) is 0 Å². The highest BCUT2D eigenvalue weighted by atomic mass is 19.1. The summed E-state index contributed by atoms with van der Waals surface area (Å²) in [6.45, 7) is 12.0. The fraction of sp³-hybridized carbons (Fsp3) is 0.353. The van der Waals surface area contributed by atoms with E-state index in [2.05, 4.69) is 15.6 Å². The Morgan fingerprint density at radius 3 is 2.53 bits per heavy atom. The number of benzene rings is 2. The third kappa shape index (κ3) is 8.11. The van der Waals surface area contributed by atoms with Crippen molar-refractivity contribution in [2.24, 2.45) is 0 Å². The molecule has 2 aromatic carbocycles. The molecule has 2 N–H and O–H groups in total. The lowest BCUT2D eigenvalue weighted by atomic mass is 9.92. The fourth-order valence-electron chi connectivity index (χ4n) is 4.84. The minimum atomic E-state index is -0.665. The van der Waals surface area contributed by atoms with Gasteiger partial charge in [0, 0.05) is 47.5 Å². The van der Waals surface area contributed by atoms with Crippen LogP contribution in [0.2, 0.25) is 0 Å². The quantitative estimate of drug-likeness (QED) is 0.187. The van der Waals surface area contributed by atoms with Gasteiger partial charge in [0.05, 0.1) is 29.8 Å². The normalized spacial score (nSPS) is 15.9. The van der Waals surface area contributed by atoms with Crippen LogP contribution in [0.5, 0.6) is 11.5 Å². The van der Waals surface area contributed by atoms with Gasteiger partial charge in [0.1, 0.15) is 23.1 Å². The van der Waals surface area contributed by atoms with Crippen molar-refractivity contribution in [3.8, 4) is 17.2 Å². The van der Waals surface area contributed by atoms with Gasteiger partial charge in [-0.2, -0.15) is 5.10 Å². The van der Waals surface area contributed by atoms with E-state index in [1.165, 1.54) is 12.1 Å². The molecule has 1 aliphatic rings. The van der Waals surface area contributed by atoms with Crippen molar-refractivity contribution < 1.29 is 28.2 Å². The molecule has 45 heavy (non-hydrogen) atoms. The van der Waals surface area contributed by atoms with Crippen molar-refractivity contribution in [3.63, 3.8) is 0 Å². The summed E-state index contributed by atoms with van der Waals surface area (Å²) in [5, 5.41) is 10.1. The average molecular weight is 616 g/mol. The third-order valence-corrected chi connectivity index (χ3v) is 7.19. The van der Waals surface area contributed by atoms with Gasteiger partial charge in [0.15, 0.2) is 11.6 Å². The molecule has 1 fully saturated rings. The zero-order valence-electron chi connectivity index (χ0n) is 26.3. The Morgan fingerprint density at radius 1 is 1.07 bits per heavy atom. The lowest BCUT2D eigenvalue weighted by Gasteiger charge is -2.16. The van der Waals surface area contributed by atoms with E-state index in [1.807, 2.05) is 41.5 Å². The van der Waals surface area contributed by atoms with Crippen LogP contribution in [0.3, 0.4) is 0 Å². The van der Waals surface area contributed by atoms with Crippen molar-refractivity contribution in [1.29, 1.82) is 0 Å². The lowest BCUT2D eigenvalue weighted by Crippen LogP contribution is -2.22. The molecule has 5 rings (SSSR count). The minimum Gasteiger partial charge on any atom is -0.457 e. The summed E-state index contributed by atoms with van der Waals surface area (Å²) < 4.78 is 33.7. The van der Waals surface area contributed by atoms with E-state index in [1.54, 1.807) is 59.4 Å². The summed E-state index contributed by atoms with van der Waals surface area (Å²) >= 11 is 0. The number of amides is 2. The molecule has 0 aliphatic carbocycles. The summed E-state index contributed by atoms with van der Waals surface area (Å²) in [6, 6.07) is 15.8. The number of ketones is 1. The number of aromatic nitrogens is 3. The molecule has 0 saturated carbocycles. The van der Waals surface area contributed by atoms with E-state index in [4.69, 9.17) is 19.3 Å². The van der Waals surface area contributed by atoms with Crippen LogP contribution in [0.15, 0.2) is 66.9 Å². The number of carbonyl (C=O) groups excluding carboxylic acids is 2. The number of ether oxygens (including phenoxy) is 3. The number of rotatable bonds is 9. The zero-order valence-corrected chi connectivity index (χ0v) is 26.3. The van der Waals surface area contributed by atoms with Crippen LogP contribution in [-0.2, 0) is 14.9 Å². The number of aryl methyl sites for hydroxylation is 1. The predicted molar refractivity (Wildman–Crippen MR) is 169 cm³/mol. The first-order chi connectivity index (χ1) is 21.3. The van der Waals surface area contributed by atoms with Gasteiger partial charge >= 0.3 is 6.03 Å². The molecule has 1 unspecified atom stereocenters. The monoisotopic (exact) mass is 615 g/mol. The Morgan fingerprint density at radius 2 is 1.84 bits per heavy atom. The molecular weight excluding hydrogens is 577 g/mol. The van der Waals surface area contributed by atoms with Crippen LogP contribution < -0.4 is 15.4 Å². The summed E-state index contributed by atoms with van der Waals surface area (Å²) in [6.07, 6.45) is 2.31. The van der Waals surface area contributed by atoms with E-state index in [0.717, 1.165) is 11.4 Å². The molecule has 2 amide bonds. The standard InChI is InChI=1S/C34H38FN5O5/c1-21-16-25(14-15-36-21)44-24-10-12-28(27(35)18-24)37-32(42)38-31-19-30(33(2,3)4)39-40(31)23-9-7-8-22(17-23)29(41)13-11-26-20-43-34(5,6)45-26/h7-10,12,14-19,26H,11,13,20H2,1-6H3,(H2,37,38,42). The number of carbonyl (C=O) groups is 2. The number of hydrogen-bond acceptors (Lipinski definition) is 7. The molecule has 4 aromatic rings. The predicted octanol–water partition coefficient (Wildman–Crippen LogP) is 7.56. The molecule has 10 nitrogen and oxygen atoms in total. The molecule has 11 heteroatoms. The first-order valence-electron chi connectivity index (χ1n) is 14.8. The van der Waals surface area contributed by atoms with Crippen LogP contribution >= 0.6 is 0 Å². The average Bonchev–Trinajstić information content (AvgIpc) is 3.56. The summed E-state index contributed by atoms with van der Waals surface area (Å²) in [5.41, 5.74) is 2.23. The first-order valence-corrected chi connectivity index (χ1v) is 14.8. The second kappa shape index (κ2) is 12.8. The first kappa shape index (κ1) is 31.8. The smallest absolute Gasteiger partial charge is 0.324 e. The van der Waals surface area contributed by atoms with Crippen LogP contribution in [0.1, 0.15) is 69.2 Å². The number of hydrogen-bond donors (Lipinski definition) is 2. The summed E-state index contributed by atoms with van der Waals surface area (Å²) in [4.78, 5) is 30.3. The van der Waals surface area contributed by atoms with Crippen molar-refractivity contribution >= 4 is 23.3 Å². The molecule has 2 aromatic heterocycles. The molecule has 236 valence electrons. The lowest BCUT2D eigenvalue weighted by molar-refractivity contribution is -0.138. The van der Waals surface area contributed by atoms with Gasteiger partial charge in [-0.15, -0.1) is 0 Å². The Hall–Kier alpha value is -4.61. The van der Waals surface area contributed by atoms with E-state index < -0.39 is 17.6 Å². The van der Waals surface area contributed by atoms with Crippen LogP contribution in [0, 0.1) is 12.7 Å². The van der Waals surface area contributed by atoms with Crippen LogP contribution in [-0.4, -0.2) is 45.1 Å². The fourth-order valence-corrected chi connectivity index (χ4v) is 4.84. The Balaban J connectivity index is 1.30. The maximum atomic E-state index is 15.0. The van der Waals surface area contributed by atoms with Crippen molar-refractivity contribution in [2.45, 2.75) is 71.7 Å². The summed E-state index contributed by atoms with van der Waals surface area (Å²) in [5.74, 6) is -0.189. The second-order valence-electron chi connectivity index (χ2n) is 12.5. The SMILES string of the molecule is Cc1cc(Oc2ccc(NC(=O)Nc3cc(C(C)(C)C)nn3-c3cccc(C(=O)CCC4COC(C)(C)O4)c3)c(F)c2)ccn1.